The molecule has 0 bridgehead atoms. The van der Waals surface area contributed by atoms with E-state index in [9.17, 15) is 4.79 Å². The van der Waals surface area contributed by atoms with Gasteiger partial charge < -0.3 is 15.0 Å². The predicted octanol–water partition coefficient (Wildman–Crippen LogP) is 2.32. The van der Waals surface area contributed by atoms with Crippen molar-refractivity contribution in [3.05, 3.63) is 44.8 Å². The number of hydrogen-bond acceptors (Lipinski definition) is 4. The Morgan fingerprint density at radius 2 is 2.20 bits per heavy atom. The first-order chi connectivity index (χ1) is 9.63. The summed E-state index contributed by atoms with van der Waals surface area (Å²) in [6.45, 7) is 3.41. The van der Waals surface area contributed by atoms with Crippen LogP contribution < -0.4 is 15.6 Å². The topological polar surface area (TPSA) is 67.0 Å². The molecule has 0 aliphatic heterocycles. The van der Waals surface area contributed by atoms with Crippen LogP contribution in [0.3, 0.4) is 0 Å². The van der Waals surface area contributed by atoms with E-state index in [1.54, 1.807) is 7.11 Å². The molecule has 0 fully saturated rings. The Balaban J connectivity index is 2.39. The second-order valence-electron chi connectivity index (χ2n) is 4.21. The van der Waals surface area contributed by atoms with Crippen LogP contribution in [0.2, 0.25) is 0 Å². The maximum atomic E-state index is 11.7. The number of nitrogens with zero attached hydrogens (tertiary/aromatic N) is 1. The normalized spacial score (nSPS) is 10.6. The SMILES string of the molecule is CCNCc1cc(=O)[nH]c(-c2ccc(OC)c(Br)c2)n1. The Bertz CT molecular complexity index is 655. The molecule has 6 heteroatoms. The van der Waals surface area contributed by atoms with Gasteiger partial charge in [-0.25, -0.2) is 4.98 Å². The van der Waals surface area contributed by atoms with Crippen molar-refractivity contribution >= 4 is 15.9 Å². The van der Waals surface area contributed by atoms with Crippen LogP contribution >= 0.6 is 15.9 Å². The van der Waals surface area contributed by atoms with Crippen molar-refractivity contribution in [3.63, 3.8) is 0 Å². The highest BCUT2D eigenvalue weighted by Gasteiger charge is 2.07. The minimum absolute atomic E-state index is 0.158. The fourth-order valence-corrected chi connectivity index (χ4v) is 2.34. The standard InChI is InChI=1S/C14H16BrN3O2/c1-3-16-8-10-7-13(19)18-14(17-10)9-4-5-12(20-2)11(15)6-9/h4-7,16H,3,8H2,1-2H3,(H,17,18,19). The quantitative estimate of drug-likeness (QED) is 0.878. The monoisotopic (exact) mass is 337 g/mol. The summed E-state index contributed by atoms with van der Waals surface area (Å²) in [6.07, 6.45) is 0. The lowest BCUT2D eigenvalue weighted by Crippen LogP contribution is -2.17. The van der Waals surface area contributed by atoms with Crippen LogP contribution in [0.1, 0.15) is 12.6 Å². The first-order valence-corrected chi connectivity index (χ1v) is 7.08. The van der Waals surface area contributed by atoms with Crippen molar-refractivity contribution in [2.75, 3.05) is 13.7 Å². The van der Waals surface area contributed by atoms with Gasteiger partial charge in [0.2, 0.25) is 0 Å². The third-order valence-electron chi connectivity index (χ3n) is 2.78. The molecule has 0 spiro atoms. The Hall–Kier alpha value is -1.66. The molecule has 0 aliphatic rings. The van der Waals surface area contributed by atoms with Crippen molar-refractivity contribution in [3.8, 4) is 17.1 Å². The van der Waals surface area contributed by atoms with Gasteiger partial charge >= 0.3 is 0 Å². The highest BCUT2D eigenvalue weighted by Crippen LogP contribution is 2.28. The van der Waals surface area contributed by atoms with Crippen molar-refractivity contribution in [1.29, 1.82) is 0 Å². The minimum Gasteiger partial charge on any atom is -0.496 e. The molecule has 2 aromatic rings. The molecule has 0 saturated heterocycles. The van der Waals surface area contributed by atoms with Gasteiger partial charge in [-0.1, -0.05) is 6.92 Å². The highest BCUT2D eigenvalue weighted by molar-refractivity contribution is 9.10. The van der Waals surface area contributed by atoms with Crippen molar-refractivity contribution in [2.24, 2.45) is 0 Å². The lowest BCUT2D eigenvalue weighted by molar-refractivity contribution is 0.412. The summed E-state index contributed by atoms with van der Waals surface area (Å²) in [5, 5.41) is 3.16. The number of aromatic nitrogens is 2. The molecule has 0 unspecified atom stereocenters. The fraction of sp³-hybridized carbons (Fsp3) is 0.286. The highest BCUT2D eigenvalue weighted by atomic mass is 79.9. The number of H-pyrrole nitrogens is 1. The number of nitrogens with one attached hydrogen (secondary N) is 2. The summed E-state index contributed by atoms with van der Waals surface area (Å²) in [5.74, 6) is 1.29. The molecule has 0 aliphatic carbocycles. The van der Waals surface area contributed by atoms with E-state index < -0.39 is 0 Å². The molecule has 0 radical (unpaired) electrons. The third-order valence-corrected chi connectivity index (χ3v) is 3.40. The summed E-state index contributed by atoms with van der Waals surface area (Å²) >= 11 is 3.43. The molecule has 0 saturated carbocycles. The van der Waals surface area contributed by atoms with Gasteiger partial charge in [-0.3, -0.25) is 4.79 Å². The fourth-order valence-electron chi connectivity index (χ4n) is 1.80. The second kappa shape index (κ2) is 6.67. The summed E-state index contributed by atoms with van der Waals surface area (Å²) in [4.78, 5) is 18.9. The zero-order valence-corrected chi connectivity index (χ0v) is 13.0. The van der Waals surface area contributed by atoms with Crippen molar-refractivity contribution < 1.29 is 4.74 Å². The Morgan fingerprint density at radius 1 is 1.40 bits per heavy atom. The van der Waals surface area contributed by atoms with Gasteiger partial charge in [0.1, 0.15) is 11.6 Å². The van der Waals surface area contributed by atoms with E-state index >= 15 is 0 Å². The lowest BCUT2D eigenvalue weighted by atomic mass is 10.2. The Morgan fingerprint density at radius 3 is 2.85 bits per heavy atom. The predicted molar refractivity (Wildman–Crippen MR) is 81.9 cm³/mol. The van der Waals surface area contributed by atoms with E-state index in [0.717, 1.165) is 28.0 Å². The average Bonchev–Trinajstić information content (AvgIpc) is 2.44. The Labute approximate surface area is 125 Å². The van der Waals surface area contributed by atoms with Crippen LogP contribution in [0.15, 0.2) is 33.5 Å². The van der Waals surface area contributed by atoms with Gasteiger partial charge in [0.05, 0.1) is 17.3 Å². The summed E-state index contributed by atoms with van der Waals surface area (Å²) in [6, 6.07) is 7.06. The van der Waals surface area contributed by atoms with Gasteiger partial charge in [0.15, 0.2) is 0 Å². The van der Waals surface area contributed by atoms with Crippen LogP contribution in [0.5, 0.6) is 5.75 Å². The molecule has 0 atom stereocenters. The van der Waals surface area contributed by atoms with Crippen molar-refractivity contribution in [2.45, 2.75) is 13.5 Å². The Kier molecular flexibility index (Phi) is 4.92. The van der Waals surface area contributed by atoms with E-state index in [1.807, 2.05) is 25.1 Å². The van der Waals surface area contributed by atoms with Gasteiger partial charge in [-0.2, -0.15) is 0 Å². The van der Waals surface area contributed by atoms with Gasteiger partial charge in [-0.15, -0.1) is 0 Å². The van der Waals surface area contributed by atoms with Gasteiger partial charge in [-0.05, 0) is 40.7 Å². The first-order valence-electron chi connectivity index (χ1n) is 6.29. The molecule has 106 valence electrons. The zero-order valence-electron chi connectivity index (χ0n) is 11.4. The van der Waals surface area contributed by atoms with Crippen molar-refractivity contribution in [1.82, 2.24) is 15.3 Å². The molecule has 1 aromatic carbocycles. The maximum absolute atomic E-state index is 11.7. The molecule has 1 heterocycles. The smallest absolute Gasteiger partial charge is 0.251 e. The number of hydrogen-bond donors (Lipinski definition) is 2. The summed E-state index contributed by atoms with van der Waals surface area (Å²) in [7, 11) is 1.61. The summed E-state index contributed by atoms with van der Waals surface area (Å²) in [5.41, 5.74) is 1.39. The number of halogens is 1. The van der Waals surface area contributed by atoms with Crippen LogP contribution in [-0.4, -0.2) is 23.6 Å². The maximum Gasteiger partial charge on any atom is 0.251 e. The van der Waals surface area contributed by atoms with Crippen LogP contribution in [0, 0.1) is 0 Å². The number of methoxy groups -OCH3 is 1. The minimum atomic E-state index is -0.158. The molecular formula is C14H16BrN3O2. The van der Waals surface area contributed by atoms with Gasteiger partial charge in [0.25, 0.3) is 5.56 Å². The largest absolute Gasteiger partial charge is 0.496 e. The second-order valence-corrected chi connectivity index (χ2v) is 5.07. The molecule has 2 N–H and O–H groups in total. The van der Waals surface area contributed by atoms with Crippen LogP contribution in [0.4, 0.5) is 0 Å². The number of aromatic amines is 1. The first kappa shape index (κ1) is 14.7. The number of benzene rings is 1. The van der Waals surface area contributed by atoms with E-state index in [0.29, 0.717) is 12.4 Å². The molecule has 5 nitrogen and oxygen atoms in total. The van der Waals surface area contributed by atoms with E-state index in [1.165, 1.54) is 6.07 Å². The molecule has 0 amide bonds. The van der Waals surface area contributed by atoms with E-state index in [-0.39, 0.29) is 5.56 Å². The van der Waals surface area contributed by atoms with E-state index in [2.05, 4.69) is 31.2 Å². The zero-order chi connectivity index (χ0) is 14.5. The lowest BCUT2D eigenvalue weighted by Gasteiger charge is -2.07. The summed E-state index contributed by atoms with van der Waals surface area (Å²) < 4.78 is 6.00. The molecule has 20 heavy (non-hydrogen) atoms. The number of rotatable bonds is 5. The third kappa shape index (κ3) is 3.46. The molecular weight excluding hydrogens is 322 g/mol. The molecule has 1 aromatic heterocycles. The van der Waals surface area contributed by atoms with E-state index in [4.69, 9.17) is 4.74 Å². The van der Waals surface area contributed by atoms with Crippen LogP contribution in [0.25, 0.3) is 11.4 Å². The van der Waals surface area contributed by atoms with Gasteiger partial charge in [0, 0.05) is 18.2 Å². The average molecular weight is 338 g/mol. The molecule has 2 rings (SSSR count). The van der Waals surface area contributed by atoms with Crippen LogP contribution in [-0.2, 0) is 6.54 Å². The number of ether oxygens (including phenoxy) is 1.